The lowest BCUT2D eigenvalue weighted by atomic mass is 10.1. The number of hydrogen-bond acceptors (Lipinski definition) is 3. The first-order chi connectivity index (χ1) is 14.2. The van der Waals surface area contributed by atoms with Gasteiger partial charge in [0.15, 0.2) is 0 Å². The van der Waals surface area contributed by atoms with Crippen LogP contribution >= 0.6 is 11.6 Å². The van der Waals surface area contributed by atoms with Crippen LogP contribution in [0, 0.1) is 23.7 Å². The number of pyridine rings is 1. The maximum Gasteiger partial charge on any atom is 0.411 e. The predicted octanol–water partition coefficient (Wildman–Crippen LogP) is 5.66. The zero-order valence-corrected chi connectivity index (χ0v) is 16.5. The molecule has 1 aromatic heterocycles. The number of rotatable bonds is 5. The monoisotopic (exact) mass is 402 g/mol. The number of nitrogens with zero attached hydrogens (tertiary/aromatic N) is 1. The molecule has 3 aromatic rings. The largest absolute Gasteiger partial charge is 0.449 e. The van der Waals surface area contributed by atoms with E-state index in [1.807, 2.05) is 30.3 Å². The number of hydrogen-bond donors (Lipinski definition) is 1. The van der Waals surface area contributed by atoms with Crippen LogP contribution in [0.25, 0.3) is 10.9 Å². The van der Waals surface area contributed by atoms with Crippen LogP contribution in [0.3, 0.4) is 0 Å². The van der Waals surface area contributed by atoms with Gasteiger partial charge in [0.05, 0.1) is 12.1 Å². The van der Waals surface area contributed by atoms with Crippen molar-refractivity contribution in [2.45, 2.75) is 19.3 Å². The Morgan fingerprint density at radius 1 is 1.07 bits per heavy atom. The Bertz CT molecular complexity index is 1100. The molecule has 0 atom stereocenters. The van der Waals surface area contributed by atoms with E-state index in [4.69, 9.17) is 16.3 Å². The quantitative estimate of drug-likeness (QED) is 0.442. The highest BCUT2D eigenvalue weighted by Gasteiger charge is 2.02. The number of benzene rings is 2. The molecule has 29 heavy (non-hydrogen) atoms. The lowest BCUT2D eigenvalue weighted by molar-refractivity contribution is 0.159. The number of anilines is 1. The second-order valence-corrected chi connectivity index (χ2v) is 6.63. The Hall–Kier alpha value is -3.47. The zero-order valence-electron chi connectivity index (χ0n) is 15.7. The van der Waals surface area contributed by atoms with Crippen molar-refractivity contribution >= 4 is 34.3 Å². The molecule has 4 nitrogen and oxygen atoms in total. The van der Waals surface area contributed by atoms with Gasteiger partial charge in [0.25, 0.3) is 0 Å². The molecule has 144 valence electrons. The van der Waals surface area contributed by atoms with Gasteiger partial charge in [-0.05, 0) is 61.1 Å². The standard InChI is InChI=1S/C24H19ClN2O2/c25-21-12-14-22(15-13-21)27-24(28)29-16-8-4-2-1-3-5-9-19-17-20-10-6-7-11-23(20)26-18-19/h6-7,10-15,17-18H,2,4,8,16H2,(H,27,28). The summed E-state index contributed by atoms with van der Waals surface area (Å²) in [7, 11) is 0. The summed E-state index contributed by atoms with van der Waals surface area (Å²) >= 11 is 5.80. The number of amides is 1. The van der Waals surface area contributed by atoms with Crippen LogP contribution < -0.4 is 5.32 Å². The molecule has 0 saturated heterocycles. The highest BCUT2D eigenvalue weighted by molar-refractivity contribution is 6.30. The van der Waals surface area contributed by atoms with Gasteiger partial charge in [-0.15, -0.1) is 0 Å². The molecule has 1 amide bonds. The number of fused-ring (bicyclic) bond motifs is 1. The second-order valence-electron chi connectivity index (χ2n) is 6.19. The van der Waals surface area contributed by atoms with E-state index in [9.17, 15) is 4.79 Å². The summed E-state index contributed by atoms with van der Waals surface area (Å²) in [6, 6.07) is 16.8. The predicted molar refractivity (Wildman–Crippen MR) is 117 cm³/mol. The van der Waals surface area contributed by atoms with Crippen molar-refractivity contribution in [1.82, 2.24) is 4.98 Å². The van der Waals surface area contributed by atoms with Gasteiger partial charge in [-0.1, -0.05) is 41.6 Å². The summed E-state index contributed by atoms with van der Waals surface area (Å²) < 4.78 is 5.13. The number of carbonyl (C=O) groups excluding carboxylic acids is 1. The van der Waals surface area contributed by atoms with Crippen LogP contribution in [0.2, 0.25) is 5.02 Å². The van der Waals surface area contributed by atoms with Crippen molar-refractivity contribution in [2.75, 3.05) is 11.9 Å². The number of halogens is 1. The third-order valence-electron chi connectivity index (χ3n) is 3.97. The van der Waals surface area contributed by atoms with Crippen LogP contribution in [0.4, 0.5) is 10.5 Å². The van der Waals surface area contributed by atoms with E-state index in [1.54, 1.807) is 30.5 Å². The maximum atomic E-state index is 11.7. The van der Waals surface area contributed by atoms with Crippen molar-refractivity contribution in [2.24, 2.45) is 0 Å². The minimum absolute atomic E-state index is 0.343. The molecule has 0 aliphatic rings. The van der Waals surface area contributed by atoms with Crippen LogP contribution in [0.15, 0.2) is 60.8 Å². The third kappa shape index (κ3) is 6.88. The Morgan fingerprint density at radius 2 is 1.90 bits per heavy atom. The van der Waals surface area contributed by atoms with Crippen LogP contribution in [-0.2, 0) is 4.74 Å². The minimum Gasteiger partial charge on any atom is -0.449 e. The van der Waals surface area contributed by atoms with Gasteiger partial charge in [0.1, 0.15) is 0 Å². The number of para-hydroxylation sites is 1. The van der Waals surface area contributed by atoms with Crippen LogP contribution in [-0.4, -0.2) is 17.7 Å². The molecule has 0 aliphatic carbocycles. The Labute approximate surface area is 175 Å². The molecule has 0 aliphatic heterocycles. The van der Waals surface area contributed by atoms with Gasteiger partial charge in [-0.3, -0.25) is 10.3 Å². The first-order valence-electron chi connectivity index (χ1n) is 9.24. The Kier molecular flexibility index (Phi) is 7.52. The van der Waals surface area contributed by atoms with E-state index < -0.39 is 6.09 Å². The lowest BCUT2D eigenvalue weighted by Crippen LogP contribution is -2.14. The first kappa shape index (κ1) is 20.3. The molecular weight excluding hydrogens is 384 g/mol. The number of aromatic nitrogens is 1. The SMILES string of the molecule is O=C(Nc1ccc(Cl)cc1)OCCCCC#CC#Cc1cnc2ccccc2c1. The lowest BCUT2D eigenvalue weighted by Gasteiger charge is -2.06. The van der Waals surface area contributed by atoms with Crippen LogP contribution in [0.5, 0.6) is 0 Å². The number of carbonyl (C=O) groups is 1. The molecule has 2 aromatic carbocycles. The van der Waals surface area contributed by atoms with Gasteiger partial charge in [0.2, 0.25) is 0 Å². The van der Waals surface area contributed by atoms with Crippen molar-refractivity contribution < 1.29 is 9.53 Å². The van der Waals surface area contributed by atoms with Crippen molar-refractivity contribution in [3.8, 4) is 23.7 Å². The van der Waals surface area contributed by atoms with E-state index in [1.165, 1.54) is 0 Å². The first-order valence-corrected chi connectivity index (χ1v) is 9.61. The average molecular weight is 403 g/mol. The van der Waals surface area contributed by atoms with Crippen molar-refractivity contribution in [1.29, 1.82) is 0 Å². The molecule has 0 saturated carbocycles. The number of nitrogens with one attached hydrogen (secondary N) is 1. The summed E-state index contributed by atoms with van der Waals surface area (Å²) in [6.07, 6.45) is 3.55. The van der Waals surface area contributed by atoms with Crippen molar-refractivity contribution in [3.63, 3.8) is 0 Å². The maximum absolute atomic E-state index is 11.7. The molecule has 0 fully saturated rings. The van der Waals surface area contributed by atoms with Gasteiger partial charge < -0.3 is 4.74 Å². The second kappa shape index (κ2) is 10.8. The van der Waals surface area contributed by atoms with Gasteiger partial charge >= 0.3 is 6.09 Å². The minimum atomic E-state index is -0.478. The molecule has 1 heterocycles. The van der Waals surface area contributed by atoms with E-state index >= 15 is 0 Å². The topological polar surface area (TPSA) is 51.2 Å². The fraction of sp³-hybridized carbons (Fsp3) is 0.167. The summed E-state index contributed by atoms with van der Waals surface area (Å²) in [5, 5.41) is 4.32. The molecular formula is C24H19ClN2O2. The molecule has 5 heteroatoms. The van der Waals surface area contributed by atoms with Gasteiger partial charge in [-0.25, -0.2) is 4.79 Å². The molecule has 1 N–H and O–H groups in total. The normalized spacial score (nSPS) is 9.69. The highest BCUT2D eigenvalue weighted by Crippen LogP contribution is 2.14. The molecule has 0 radical (unpaired) electrons. The average Bonchev–Trinajstić information content (AvgIpc) is 2.74. The summed E-state index contributed by atoms with van der Waals surface area (Å²) in [5.41, 5.74) is 2.44. The van der Waals surface area contributed by atoms with Gasteiger partial charge in [0, 0.05) is 34.3 Å². The zero-order chi connectivity index (χ0) is 20.3. The highest BCUT2D eigenvalue weighted by atomic mass is 35.5. The number of unbranched alkanes of at least 4 members (excludes halogenated alkanes) is 2. The van der Waals surface area contributed by atoms with Crippen LogP contribution in [0.1, 0.15) is 24.8 Å². The fourth-order valence-corrected chi connectivity index (χ4v) is 2.64. The van der Waals surface area contributed by atoms with E-state index in [0.717, 1.165) is 29.3 Å². The molecule has 3 rings (SSSR count). The molecule has 0 spiro atoms. The number of ether oxygens (including phenoxy) is 1. The summed E-state index contributed by atoms with van der Waals surface area (Å²) in [5.74, 6) is 11.7. The van der Waals surface area contributed by atoms with E-state index in [0.29, 0.717) is 23.7 Å². The Balaban J connectivity index is 1.33. The molecule has 0 unspecified atom stereocenters. The van der Waals surface area contributed by atoms with Gasteiger partial charge in [-0.2, -0.15) is 0 Å². The summed E-state index contributed by atoms with van der Waals surface area (Å²) in [4.78, 5) is 16.0. The fourth-order valence-electron chi connectivity index (χ4n) is 2.52. The third-order valence-corrected chi connectivity index (χ3v) is 4.22. The van der Waals surface area contributed by atoms with E-state index in [-0.39, 0.29) is 0 Å². The summed E-state index contributed by atoms with van der Waals surface area (Å²) in [6.45, 7) is 0.343. The smallest absolute Gasteiger partial charge is 0.411 e. The Morgan fingerprint density at radius 3 is 2.76 bits per heavy atom. The van der Waals surface area contributed by atoms with Crippen molar-refractivity contribution in [3.05, 3.63) is 71.4 Å². The van der Waals surface area contributed by atoms with E-state index in [2.05, 4.69) is 34.0 Å². The molecule has 0 bridgehead atoms.